The summed E-state index contributed by atoms with van der Waals surface area (Å²) in [5.74, 6) is 0.345. The van der Waals surface area contributed by atoms with Crippen LogP contribution in [0.4, 0.5) is 11.4 Å². The van der Waals surface area contributed by atoms with Gasteiger partial charge in [0.1, 0.15) is 5.75 Å². The number of hydrogen-bond donors (Lipinski definition) is 2. The first-order chi connectivity index (χ1) is 15.0. The van der Waals surface area contributed by atoms with Crippen LogP contribution in [0.25, 0.3) is 0 Å². The van der Waals surface area contributed by atoms with Crippen molar-refractivity contribution in [2.75, 3.05) is 10.0 Å². The number of nitrogens with one attached hydrogen (secondary N) is 2. The Morgan fingerprint density at radius 3 is 2.16 bits per heavy atom. The molecule has 3 rings (SSSR count). The van der Waals surface area contributed by atoms with Crippen LogP contribution in [0.1, 0.15) is 23.6 Å². The van der Waals surface area contributed by atoms with Crippen LogP contribution in [0.15, 0.2) is 70.0 Å². The Hall–Kier alpha value is -2.84. The van der Waals surface area contributed by atoms with Gasteiger partial charge in [0.15, 0.2) is 6.10 Å². The highest BCUT2D eigenvalue weighted by atomic mass is 79.9. The van der Waals surface area contributed by atoms with Crippen molar-refractivity contribution >= 4 is 43.2 Å². The number of carbonyl (C=O) groups is 1. The number of rotatable bonds is 7. The second-order valence-electron chi connectivity index (χ2n) is 7.59. The van der Waals surface area contributed by atoms with Gasteiger partial charge in [-0.2, -0.15) is 0 Å². The summed E-state index contributed by atoms with van der Waals surface area (Å²) >= 11 is 3.32. The molecule has 0 aliphatic rings. The van der Waals surface area contributed by atoms with Crippen molar-refractivity contribution in [3.63, 3.8) is 0 Å². The highest BCUT2D eigenvalue weighted by molar-refractivity contribution is 9.10. The summed E-state index contributed by atoms with van der Waals surface area (Å²) in [5, 5.41) is 2.76. The molecule has 0 aliphatic heterocycles. The summed E-state index contributed by atoms with van der Waals surface area (Å²) in [6, 6.07) is 16.8. The molecule has 0 spiro atoms. The van der Waals surface area contributed by atoms with Gasteiger partial charge in [-0.1, -0.05) is 22.0 Å². The Kier molecular flexibility index (Phi) is 7.26. The Morgan fingerprint density at radius 2 is 1.53 bits per heavy atom. The third-order valence-electron chi connectivity index (χ3n) is 4.97. The van der Waals surface area contributed by atoms with Gasteiger partial charge in [0.2, 0.25) is 0 Å². The Labute approximate surface area is 197 Å². The molecule has 0 bridgehead atoms. The fourth-order valence-corrected chi connectivity index (χ4v) is 4.38. The lowest BCUT2D eigenvalue weighted by Gasteiger charge is -2.18. The number of hydrogen-bond acceptors (Lipinski definition) is 4. The lowest BCUT2D eigenvalue weighted by atomic mass is 10.1. The number of sulfonamides is 1. The van der Waals surface area contributed by atoms with Crippen molar-refractivity contribution < 1.29 is 17.9 Å². The first-order valence-electron chi connectivity index (χ1n) is 9.99. The number of carbonyl (C=O) groups excluding carboxylic acids is 1. The predicted molar refractivity (Wildman–Crippen MR) is 131 cm³/mol. The van der Waals surface area contributed by atoms with Crippen LogP contribution in [0.2, 0.25) is 0 Å². The molecule has 1 atom stereocenters. The topological polar surface area (TPSA) is 84.5 Å². The van der Waals surface area contributed by atoms with Gasteiger partial charge >= 0.3 is 0 Å². The maximum Gasteiger partial charge on any atom is 0.265 e. The minimum Gasteiger partial charge on any atom is -0.481 e. The molecule has 0 fully saturated rings. The van der Waals surface area contributed by atoms with Crippen LogP contribution in [0.3, 0.4) is 0 Å². The second-order valence-corrected chi connectivity index (χ2v) is 10.2. The molecule has 1 amide bonds. The van der Waals surface area contributed by atoms with E-state index in [1.807, 2.05) is 26.8 Å². The zero-order chi connectivity index (χ0) is 23.5. The molecular weight excluding hydrogens is 492 g/mol. The average Bonchev–Trinajstić information content (AvgIpc) is 2.73. The molecule has 0 saturated carbocycles. The summed E-state index contributed by atoms with van der Waals surface area (Å²) in [5.41, 5.74) is 4.08. The Morgan fingerprint density at radius 1 is 0.938 bits per heavy atom. The lowest BCUT2D eigenvalue weighted by molar-refractivity contribution is -0.122. The van der Waals surface area contributed by atoms with E-state index in [1.165, 1.54) is 12.1 Å². The first kappa shape index (κ1) is 23.8. The van der Waals surface area contributed by atoms with Crippen molar-refractivity contribution in [1.82, 2.24) is 0 Å². The Balaban J connectivity index is 1.66. The van der Waals surface area contributed by atoms with Crippen LogP contribution < -0.4 is 14.8 Å². The van der Waals surface area contributed by atoms with E-state index in [9.17, 15) is 13.2 Å². The van der Waals surface area contributed by atoms with Gasteiger partial charge in [-0.15, -0.1) is 0 Å². The normalized spacial score (nSPS) is 12.2. The van der Waals surface area contributed by atoms with Crippen molar-refractivity contribution in [2.45, 2.75) is 38.7 Å². The number of halogens is 1. The quantitative estimate of drug-likeness (QED) is 0.429. The molecule has 3 aromatic carbocycles. The number of benzene rings is 3. The number of ether oxygens (including phenoxy) is 1. The first-order valence-corrected chi connectivity index (χ1v) is 12.3. The van der Waals surface area contributed by atoms with Gasteiger partial charge in [0, 0.05) is 15.8 Å². The number of aryl methyl sites for hydroxylation is 2. The second kappa shape index (κ2) is 9.75. The minimum absolute atomic E-state index is 0.0913. The summed E-state index contributed by atoms with van der Waals surface area (Å²) in [6.07, 6.45) is -0.725. The van der Waals surface area contributed by atoms with Crippen LogP contribution >= 0.6 is 15.9 Å². The summed E-state index contributed by atoms with van der Waals surface area (Å²) in [4.78, 5) is 12.7. The van der Waals surface area contributed by atoms with E-state index in [4.69, 9.17) is 4.74 Å². The SMILES string of the molecule is Cc1cc(C)c(C)c(O[C@@H](C)C(=O)Nc2ccc(S(=O)(=O)Nc3ccc(Br)cc3)cc2)c1. The van der Waals surface area contributed by atoms with Gasteiger partial charge in [-0.25, -0.2) is 8.42 Å². The highest BCUT2D eigenvalue weighted by Gasteiger charge is 2.18. The highest BCUT2D eigenvalue weighted by Crippen LogP contribution is 2.25. The molecule has 0 saturated heterocycles. The van der Waals surface area contributed by atoms with E-state index in [0.29, 0.717) is 17.1 Å². The average molecular weight is 517 g/mol. The molecule has 0 aliphatic carbocycles. The van der Waals surface area contributed by atoms with Gasteiger partial charge in [-0.05, 0) is 99.0 Å². The molecule has 6 nitrogen and oxygen atoms in total. The predicted octanol–water partition coefficient (Wildman–Crippen LogP) is 5.58. The Bertz CT molecular complexity index is 1220. The summed E-state index contributed by atoms with van der Waals surface area (Å²) in [6.45, 7) is 7.61. The zero-order valence-corrected chi connectivity index (χ0v) is 20.7. The van der Waals surface area contributed by atoms with Crippen molar-refractivity contribution in [2.24, 2.45) is 0 Å². The van der Waals surface area contributed by atoms with Crippen molar-refractivity contribution in [1.29, 1.82) is 0 Å². The molecular formula is C24H25BrN2O4S. The maximum atomic E-state index is 12.6. The molecule has 2 N–H and O–H groups in total. The van der Waals surface area contributed by atoms with Gasteiger partial charge in [-0.3, -0.25) is 9.52 Å². The van der Waals surface area contributed by atoms with Gasteiger partial charge < -0.3 is 10.1 Å². The molecule has 168 valence electrons. The van der Waals surface area contributed by atoms with Crippen molar-refractivity contribution in [3.8, 4) is 5.75 Å². The van der Waals surface area contributed by atoms with E-state index in [-0.39, 0.29) is 10.8 Å². The largest absolute Gasteiger partial charge is 0.481 e. The fraction of sp³-hybridized carbons (Fsp3) is 0.208. The molecule has 3 aromatic rings. The maximum absolute atomic E-state index is 12.6. The van der Waals surface area contributed by atoms with E-state index >= 15 is 0 Å². The fourth-order valence-electron chi connectivity index (χ4n) is 3.06. The van der Waals surface area contributed by atoms with Gasteiger partial charge in [0.25, 0.3) is 15.9 Å². The molecule has 32 heavy (non-hydrogen) atoms. The van der Waals surface area contributed by atoms with Crippen molar-refractivity contribution in [3.05, 3.63) is 81.8 Å². The van der Waals surface area contributed by atoms with E-state index < -0.39 is 16.1 Å². The third kappa shape index (κ3) is 5.89. The van der Waals surface area contributed by atoms with Gasteiger partial charge in [0.05, 0.1) is 4.90 Å². The molecule has 8 heteroatoms. The third-order valence-corrected chi connectivity index (χ3v) is 6.89. The summed E-state index contributed by atoms with van der Waals surface area (Å²) in [7, 11) is -3.74. The standard InChI is InChI=1S/C24H25BrN2O4S/c1-15-13-16(2)17(3)23(14-15)31-18(4)24(28)26-20-9-11-22(12-10-20)32(29,30)27-21-7-5-19(25)6-8-21/h5-14,18,27H,1-4H3,(H,26,28)/t18-/m0/s1. The van der Waals surface area contributed by atoms with E-state index in [1.54, 1.807) is 43.3 Å². The number of amides is 1. The van der Waals surface area contributed by atoms with Crippen LogP contribution in [-0.4, -0.2) is 20.4 Å². The summed E-state index contributed by atoms with van der Waals surface area (Å²) < 4.78 is 34.4. The monoisotopic (exact) mass is 516 g/mol. The zero-order valence-electron chi connectivity index (χ0n) is 18.3. The van der Waals surface area contributed by atoms with Crippen LogP contribution in [0, 0.1) is 20.8 Å². The smallest absolute Gasteiger partial charge is 0.265 e. The van der Waals surface area contributed by atoms with Crippen LogP contribution in [-0.2, 0) is 14.8 Å². The molecule has 0 radical (unpaired) electrons. The minimum atomic E-state index is -3.74. The lowest BCUT2D eigenvalue weighted by Crippen LogP contribution is -2.30. The molecule has 0 aromatic heterocycles. The molecule has 0 heterocycles. The molecule has 0 unspecified atom stereocenters. The van der Waals surface area contributed by atoms with Crippen LogP contribution in [0.5, 0.6) is 5.75 Å². The van der Waals surface area contributed by atoms with E-state index in [2.05, 4.69) is 32.0 Å². The van der Waals surface area contributed by atoms with E-state index in [0.717, 1.165) is 21.2 Å². The number of anilines is 2.